The molecule has 6 heteroatoms. The van der Waals surface area contributed by atoms with E-state index in [0.29, 0.717) is 6.42 Å². The Kier molecular flexibility index (Phi) is 6.04. The van der Waals surface area contributed by atoms with Gasteiger partial charge in [-0.3, -0.25) is 4.79 Å². The summed E-state index contributed by atoms with van der Waals surface area (Å²) in [4.78, 5) is 24.1. The van der Waals surface area contributed by atoms with Gasteiger partial charge in [0.25, 0.3) is 0 Å². The van der Waals surface area contributed by atoms with Crippen LogP contribution in [0, 0.1) is 5.92 Å². The number of alkyl carbamates (subject to hydrolysis) is 1. The van der Waals surface area contributed by atoms with E-state index in [4.69, 9.17) is 0 Å². The van der Waals surface area contributed by atoms with Gasteiger partial charge >= 0.3 is 6.09 Å². The predicted molar refractivity (Wildman–Crippen MR) is 92.1 cm³/mol. The summed E-state index contributed by atoms with van der Waals surface area (Å²) in [6.45, 7) is 4.03. The van der Waals surface area contributed by atoms with Gasteiger partial charge in [-0.2, -0.15) is 0 Å². The lowest BCUT2D eigenvalue weighted by atomic mass is 10.0. The van der Waals surface area contributed by atoms with Crippen LogP contribution < -0.4 is 10.6 Å². The number of nitrogens with one attached hydrogen (secondary N) is 2. The number of halogens is 1. The third-order valence-electron chi connectivity index (χ3n) is 4.03. The van der Waals surface area contributed by atoms with Gasteiger partial charge in [0.05, 0.1) is 13.2 Å². The molecule has 0 fully saturated rings. The van der Waals surface area contributed by atoms with E-state index in [0.717, 1.165) is 22.9 Å². The van der Waals surface area contributed by atoms with E-state index in [1.165, 1.54) is 12.7 Å². The molecule has 0 saturated carbocycles. The van der Waals surface area contributed by atoms with Crippen molar-refractivity contribution < 1.29 is 14.3 Å². The zero-order valence-corrected chi connectivity index (χ0v) is 15.3. The number of amides is 2. The van der Waals surface area contributed by atoms with Gasteiger partial charge in [-0.05, 0) is 42.4 Å². The van der Waals surface area contributed by atoms with Crippen molar-refractivity contribution in [1.82, 2.24) is 10.6 Å². The highest BCUT2D eigenvalue weighted by molar-refractivity contribution is 9.10. The van der Waals surface area contributed by atoms with Gasteiger partial charge in [-0.25, -0.2) is 4.79 Å². The highest BCUT2D eigenvalue weighted by Crippen LogP contribution is 2.35. The second-order valence-corrected chi connectivity index (χ2v) is 7.08. The van der Waals surface area contributed by atoms with E-state index in [-0.39, 0.29) is 17.9 Å². The number of ether oxygens (including phenoxy) is 1. The Morgan fingerprint density at radius 3 is 2.78 bits per heavy atom. The normalized spacial score (nSPS) is 17.5. The minimum atomic E-state index is -0.585. The van der Waals surface area contributed by atoms with Crippen LogP contribution >= 0.6 is 15.9 Å². The Morgan fingerprint density at radius 1 is 1.39 bits per heavy atom. The minimum absolute atomic E-state index is 0.0101. The summed E-state index contributed by atoms with van der Waals surface area (Å²) in [6.07, 6.45) is 1.79. The van der Waals surface area contributed by atoms with Crippen LogP contribution in [0.1, 0.15) is 43.9 Å². The van der Waals surface area contributed by atoms with Gasteiger partial charge in [-0.1, -0.05) is 41.9 Å². The average Bonchev–Trinajstić information content (AvgIpc) is 2.90. The quantitative estimate of drug-likeness (QED) is 0.820. The van der Waals surface area contributed by atoms with Gasteiger partial charge in [-0.15, -0.1) is 0 Å². The molecule has 1 aromatic carbocycles. The molecule has 1 aliphatic rings. The number of hydrogen-bond donors (Lipinski definition) is 2. The summed E-state index contributed by atoms with van der Waals surface area (Å²) in [6, 6.07) is 5.45. The second kappa shape index (κ2) is 7.81. The van der Waals surface area contributed by atoms with Crippen molar-refractivity contribution in [3.63, 3.8) is 0 Å². The van der Waals surface area contributed by atoms with Crippen molar-refractivity contribution in [3.05, 3.63) is 33.8 Å². The molecule has 23 heavy (non-hydrogen) atoms. The molecule has 2 rings (SSSR count). The molecule has 2 amide bonds. The molecule has 1 aliphatic carbocycles. The first-order valence-electron chi connectivity index (χ1n) is 7.84. The zero-order valence-electron chi connectivity index (χ0n) is 13.7. The van der Waals surface area contributed by atoms with E-state index in [1.54, 1.807) is 0 Å². The van der Waals surface area contributed by atoms with E-state index in [1.807, 2.05) is 32.0 Å². The molecular formula is C17H23BrN2O3. The number of benzene rings is 1. The van der Waals surface area contributed by atoms with Crippen molar-refractivity contribution >= 4 is 27.9 Å². The summed E-state index contributed by atoms with van der Waals surface area (Å²) < 4.78 is 5.70. The second-order valence-electron chi connectivity index (χ2n) is 6.23. The fraction of sp³-hybridized carbons (Fsp3) is 0.529. The minimum Gasteiger partial charge on any atom is -0.453 e. The predicted octanol–water partition coefficient (Wildman–Crippen LogP) is 3.32. The fourth-order valence-corrected chi connectivity index (χ4v) is 3.52. The van der Waals surface area contributed by atoms with Gasteiger partial charge in [0.2, 0.25) is 5.91 Å². The molecule has 5 nitrogen and oxygen atoms in total. The molecule has 2 N–H and O–H groups in total. The number of hydrogen-bond acceptors (Lipinski definition) is 3. The third kappa shape index (κ3) is 4.47. The van der Waals surface area contributed by atoms with E-state index in [9.17, 15) is 9.59 Å². The van der Waals surface area contributed by atoms with Crippen molar-refractivity contribution in [2.75, 3.05) is 7.11 Å². The van der Waals surface area contributed by atoms with Gasteiger partial charge in [0.1, 0.15) is 6.04 Å². The Balaban J connectivity index is 2.08. The van der Waals surface area contributed by atoms with Crippen LogP contribution in [-0.2, 0) is 16.0 Å². The van der Waals surface area contributed by atoms with Crippen molar-refractivity contribution in [2.24, 2.45) is 5.92 Å². The number of carbonyl (C=O) groups excluding carboxylic acids is 2. The molecule has 0 spiro atoms. The maximum absolute atomic E-state index is 12.6. The SMILES string of the molecule is COC(=O)NC(CC(C)C)C(=O)NC1CCc2c(Br)cccc21. The molecule has 0 heterocycles. The first kappa shape index (κ1) is 17.8. The van der Waals surface area contributed by atoms with Crippen molar-refractivity contribution in [3.8, 4) is 0 Å². The summed E-state index contributed by atoms with van der Waals surface area (Å²) in [7, 11) is 1.30. The van der Waals surface area contributed by atoms with Gasteiger partial charge in [0.15, 0.2) is 0 Å². The Hall–Kier alpha value is -1.56. The van der Waals surface area contributed by atoms with Crippen LogP contribution in [0.5, 0.6) is 0 Å². The lowest BCUT2D eigenvalue weighted by molar-refractivity contribution is -0.124. The molecule has 0 aliphatic heterocycles. The molecule has 1 aromatic rings. The summed E-state index contributed by atoms with van der Waals surface area (Å²) in [5.41, 5.74) is 2.40. The topological polar surface area (TPSA) is 67.4 Å². The van der Waals surface area contributed by atoms with E-state index >= 15 is 0 Å². The van der Waals surface area contributed by atoms with Crippen LogP contribution in [0.2, 0.25) is 0 Å². The smallest absolute Gasteiger partial charge is 0.407 e. The molecular weight excluding hydrogens is 360 g/mol. The summed E-state index contributed by atoms with van der Waals surface area (Å²) in [5, 5.41) is 5.69. The zero-order chi connectivity index (χ0) is 17.0. The summed E-state index contributed by atoms with van der Waals surface area (Å²) in [5.74, 6) is 0.120. The molecule has 0 bridgehead atoms. The van der Waals surface area contributed by atoms with Gasteiger partial charge < -0.3 is 15.4 Å². The Labute approximate surface area is 145 Å². The third-order valence-corrected chi connectivity index (χ3v) is 4.77. The average molecular weight is 383 g/mol. The van der Waals surface area contributed by atoms with Crippen LogP contribution in [0.15, 0.2) is 22.7 Å². The maximum Gasteiger partial charge on any atom is 0.407 e. The number of carbonyl (C=O) groups is 2. The number of rotatable bonds is 5. The highest BCUT2D eigenvalue weighted by atomic mass is 79.9. The van der Waals surface area contributed by atoms with Gasteiger partial charge in [0, 0.05) is 4.47 Å². The first-order chi connectivity index (χ1) is 10.9. The molecule has 2 atom stereocenters. The monoisotopic (exact) mass is 382 g/mol. The van der Waals surface area contributed by atoms with Crippen LogP contribution in [0.4, 0.5) is 4.79 Å². The maximum atomic E-state index is 12.6. The Bertz CT molecular complexity index is 589. The highest BCUT2D eigenvalue weighted by Gasteiger charge is 2.29. The number of fused-ring (bicyclic) bond motifs is 1. The van der Waals surface area contributed by atoms with E-state index in [2.05, 4.69) is 31.3 Å². The standard InChI is InChI=1S/C17H23BrN2O3/c1-10(2)9-15(20-17(22)23-3)16(21)19-14-8-7-11-12(14)5-4-6-13(11)18/h4-6,10,14-15H,7-9H2,1-3H3,(H,19,21)(H,20,22). The molecule has 2 unspecified atom stereocenters. The fourth-order valence-electron chi connectivity index (χ4n) is 2.94. The summed E-state index contributed by atoms with van der Waals surface area (Å²) >= 11 is 3.56. The van der Waals surface area contributed by atoms with Crippen LogP contribution in [0.3, 0.4) is 0 Å². The molecule has 126 valence electrons. The van der Waals surface area contributed by atoms with Crippen LogP contribution in [0.25, 0.3) is 0 Å². The van der Waals surface area contributed by atoms with Crippen LogP contribution in [-0.4, -0.2) is 25.2 Å². The first-order valence-corrected chi connectivity index (χ1v) is 8.63. The molecule has 0 aromatic heterocycles. The lowest BCUT2D eigenvalue weighted by Gasteiger charge is -2.22. The largest absolute Gasteiger partial charge is 0.453 e. The lowest BCUT2D eigenvalue weighted by Crippen LogP contribution is -2.48. The Morgan fingerprint density at radius 2 is 2.13 bits per heavy atom. The molecule has 0 radical (unpaired) electrons. The van der Waals surface area contributed by atoms with Crippen molar-refractivity contribution in [2.45, 2.75) is 45.2 Å². The van der Waals surface area contributed by atoms with Crippen molar-refractivity contribution in [1.29, 1.82) is 0 Å². The molecule has 0 saturated heterocycles. The van der Waals surface area contributed by atoms with E-state index < -0.39 is 12.1 Å². The number of methoxy groups -OCH3 is 1.